The van der Waals surface area contributed by atoms with Crippen LogP contribution in [0.25, 0.3) is 0 Å². The van der Waals surface area contributed by atoms with Gasteiger partial charge in [0.25, 0.3) is 0 Å². The standard InChI is InChI=1S/C16H26OS/c1-4-13-8-9-14(18-13)11-16(17)10-6-5-7-15(16)12(2)3/h8-9,12,15,17H,4-7,10-11H2,1-3H3. The van der Waals surface area contributed by atoms with Crippen LogP contribution in [-0.2, 0) is 12.8 Å². The minimum Gasteiger partial charge on any atom is -0.389 e. The molecule has 0 aromatic carbocycles. The second-order valence-corrected chi connectivity index (χ2v) is 7.35. The van der Waals surface area contributed by atoms with Crippen molar-refractivity contribution in [1.29, 1.82) is 0 Å². The minimum atomic E-state index is -0.456. The van der Waals surface area contributed by atoms with Crippen molar-refractivity contribution in [3.8, 4) is 0 Å². The first-order valence-corrected chi connectivity index (χ1v) is 8.17. The van der Waals surface area contributed by atoms with Crippen molar-refractivity contribution < 1.29 is 5.11 Å². The molecule has 1 aliphatic rings. The summed E-state index contributed by atoms with van der Waals surface area (Å²) in [7, 11) is 0. The highest BCUT2D eigenvalue weighted by Gasteiger charge is 2.40. The Kier molecular flexibility index (Phi) is 4.50. The number of rotatable bonds is 4. The third kappa shape index (κ3) is 2.97. The summed E-state index contributed by atoms with van der Waals surface area (Å²) in [5.41, 5.74) is -0.456. The van der Waals surface area contributed by atoms with Gasteiger partial charge in [0.1, 0.15) is 0 Å². The molecular weight excluding hydrogens is 240 g/mol. The summed E-state index contributed by atoms with van der Waals surface area (Å²) >= 11 is 1.88. The van der Waals surface area contributed by atoms with Gasteiger partial charge in [0.15, 0.2) is 0 Å². The van der Waals surface area contributed by atoms with Crippen molar-refractivity contribution >= 4 is 11.3 Å². The lowest BCUT2D eigenvalue weighted by Crippen LogP contribution is -2.44. The lowest BCUT2D eigenvalue weighted by molar-refractivity contribution is -0.0647. The van der Waals surface area contributed by atoms with E-state index in [-0.39, 0.29) is 0 Å². The highest BCUT2D eigenvalue weighted by atomic mass is 32.1. The lowest BCUT2D eigenvalue weighted by Gasteiger charge is -2.42. The Morgan fingerprint density at radius 3 is 2.67 bits per heavy atom. The molecule has 2 atom stereocenters. The Bertz CT molecular complexity index is 382. The van der Waals surface area contributed by atoms with E-state index in [1.807, 2.05) is 11.3 Å². The van der Waals surface area contributed by atoms with Crippen molar-refractivity contribution in [2.75, 3.05) is 0 Å². The molecule has 1 aromatic heterocycles. The number of hydrogen-bond acceptors (Lipinski definition) is 2. The molecule has 0 bridgehead atoms. The number of aliphatic hydroxyl groups is 1. The Morgan fingerprint density at radius 2 is 2.06 bits per heavy atom. The fraction of sp³-hybridized carbons (Fsp3) is 0.750. The van der Waals surface area contributed by atoms with Gasteiger partial charge in [-0.05, 0) is 43.2 Å². The van der Waals surface area contributed by atoms with Crippen molar-refractivity contribution in [2.45, 2.75) is 64.9 Å². The molecule has 2 unspecified atom stereocenters. The molecule has 1 aliphatic carbocycles. The highest BCUT2D eigenvalue weighted by Crippen LogP contribution is 2.41. The molecule has 18 heavy (non-hydrogen) atoms. The van der Waals surface area contributed by atoms with E-state index in [1.54, 1.807) is 0 Å². The first kappa shape index (κ1) is 14.1. The Hall–Kier alpha value is -0.340. The van der Waals surface area contributed by atoms with Crippen LogP contribution in [0.5, 0.6) is 0 Å². The van der Waals surface area contributed by atoms with E-state index >= 15 is 0 Å². The average molecular weight is 266 g/mol. The summed E-state index contributed by atoms with van der Waals surface area (Å²) in [5.74, 6) is 1.05. The number of hydrogen-bond donors (Lipinski definition) is 1. The van der Waals surface area contributed by atoms with Gasteiger partial charge in [0.05, 0.1) is 5.60 Å². The van der Waals surface area contributed by atoms with Crippen LogP contribution in [0.4, 0.5) is 0 Å². The van der Waals surface area contributed by atoms with Crippen LogP contribution < -0.4 is 0 Å². The predicted octanol–water partition coefficient (Wildman–Crippen LogP) is 4.43. The van der Waals surface area contributed by atoms with E-state index < -0.39 is 5.60 Å². The summed E-state index contributed by atoms with van der Waals surface area (Å²) in [4.78, 5) is 2.80. The first-order chi connectivity index (χ1) is 8.55. The molecule has 102 valence electrons. The molecule has 1 nitrogen and oxygen atoms in total. The van der Waals surface area contributed by atoms with Crippen LogP contribution >= 0.6 is 11.3 Å². The average Bonchev–Trinajstić information content (AvgIpc) is 2.76. The van der Waals surface area contributed by atoms with Crippen LogP contribution in [0.3, 0.4) is 0 Å². The summed E-state index contributed by atoms with van der Waals surface area (Å²) in [5, 5.41) is 11.0. The first-order valence-electron chi connectivity index (χ1n) is 7.35. The molecular formula is C16H26OS. The lowest BCUT2D eigenvalue weighted by atomic mass is 9.68. The predicted molar refractivity (Wildman–Crippen MR) is 79.1 cm³/mol. The van der Waals surface area contributed by atoms with Gasteiger partial charge in [-0.3, -0.25) is 0 Å². The van der Waals surface area contributed by atoms with Gasteiger partial charge in [-0.15, -0.1) is 11.3 Å². The van der Waals surface area contributed by atoms with Crippen LogP contribution in [0, 0.1) is 11.8 Å². The Labute approximate surface area is 115 Å². The molecule has 2 rings (SSSR count). The largest absolute Gasteiger partial charge is 0.389 e. The fourth-order valence-electron chi connectivity index (χ4n) is 3.43. The third-order valence-electron chi connectivity index (χ3n) is 4.42. The number of aryl methyl sites for hydroxylation is 1. The Morgan fingerprint density at radius 1 is 1.33 bits per heavy atom. The zero-order valence-corrected chi connectivity index (χ0v) is 12.7. The zero-order chi connectivity index (χ0) is 13.2. The second-order valence-electron chi connectivity index (χ2n) is 6.10. The fourth-order valence-corrected chi connectivity index (χ4v) is 4.51. The minimum absolute atomic E-state index is 0.456. The monoisotopic (exact) mass is 266 g/mol. The van der Waals surface area contributed by atoms with Crippen molar-refractivity contribution in [3.63, 3.8) is 0 Å². The maximum absolute atomic E-state index is 11.0. The molecule has 0 spiro atoms. The zero-order valence-electron chi connectivity index (χ0n) is 11.9. The topological polar surface area (TPSA) is 20.2 Å². The van der Waals surface area contributed by atoms with Crippen LogP contribution in [0.2, 0.25) is 0 Å². The molecule has 0 aliphatic heterocycles. The SMILES string of the molecule is CCc1ccc(CC2(O)CCCCC2C(C)C)s1. The van der Waals surface area contributed by atoms with E-state index in [4.69, 9.17) is 0 Å². The highest BCUT2D eigenvalue weighted by molar-refractivity contribution is 7.12. The Balaban J connectivity index is 2.12. The molecule has 1 heterocycles. The van der Waals surface area contributed by atoms with E-state index in [9.17, 15) is 5.11 Å². The van der Waals surface area contributed by atoms with Gasteiger partial charge < -0.3 is 5.11 Å². The smallest absolute Gasteiger partial charge is 0.0726 e. The second kappa shape index (κ2) is 5.75. The normalized spacial score (nSPS) is 28.8. The molecule has 2 heteroatoms. The summed E-state index contributed by atoms with van der Waals surface area (Å²) < 4.78 is 0. The van der Waals surface area contributed by atoms with E-state index in [1.165, 1.54) is 29.0 Å². The summed E-state index contributed by atoms with van der Waals surface area (Å²) in [6.45, 7) is 6.71. The summed E-state index contributed by atoms with van der Waals surface area (Å²) in [6.07, 6.45) is 6.62. The van der Waals surface area contributed by atoms with Gasteiger partial charge in [0, 0.05) is 16.2 Å². The van der Waals surface area contributed by atoms with Crippen LogP contribution in [0.1, 0.15) is 56.2 Å². The summed E-state index contributed by atoms with van der Waals surface area (Å²) in [6, 6.07) is 4.43. The van der Waals surface area contributed by atoms with Gasteiger partial charge in [0.2, 0.25) is 0 Å². The van der Waals surface area contributed by atoms with E-state index in [2.05, 4.69) is 32.9 Å². The molecule has 1 saturated carbocycles. The molecule has 0 amide bonds. The third-order valence-corrected chi connectivity index (χ3v) is 5.65. The van der Waals surface area contributed by atoms with E-state index in [0.29, 0.717) is 11.8 Å². The van der Waals surface area contributed by atoms with Gasteiger partial charge in [-0.1, -0.05) is 33.6 Å². The molecule has 0 radical (unpaired) electrons. The quantitative estimate of drug-likeness (QED) is 0.854. The maximum Gasteiger partial charge on any atom is 0.0726 e. The van der Waals surface area contributed by atoms with Gasteiger partial charge >= 0.3 is 0 Å². The molecule has 0 saturated heterocycles. The van der Waals surface area contributed by atoms with Gasteiger partial charge in [-0.2, -0.15) is 0 Å². The van der Waals surface area contributed by atoms with Crippen LogP contribution in [0.15, 0.2) is 12.1 Å². The maximum atomic E-state index is 11.0. The van der Waals surface area contributed by atoms with E-state index in [0.717, 1.165) is 19.3 Å². The number of thiophene rings is 1. The van der Waals surface area contributed by atoms with Gasteiger partial charge in [-0.25, -0.2) is 0 Å². The molecule has 1 fully saturated rings. The van der Waals surface area contributed by atoms with Crippen molar-refractivity contribution in [2.24, 2.45) is 11.8 Å². The van der Waals surface area contributed by atoms with Crippen molar-refractivity contribution in [3.05, 3.63) is 21.9 Å². The van der Waals surface area contributed by atoms with Crippen molar-refractivity contribution in [1.82, 2.24) is 0 Å². The molecule has 1 aromatic rings. The van der Waals surface area contributed by atoms with Crippen LogP contribution in [-0.4, -0.2) is 10.7 Å². The molecule has 1 N–H and O–H groups in total.